The zero-order chi connectivity index (χ0) is 13.9. The molecule has 5 N–H and O–H groups in total. The van der Waals surface area contributed by atoms with E-state index in [4.69, 9.17) is 23.1 Å². The summed E-state index contributed by atoms with van der Waals surface area (Å²) in [5, 5.41) is 2.68. The molecule has 98 valence electrons. The molecule has 7 heteroatoms. The third kappa shape index (κ3) is 3.33. The molecule has 1 aromatic rings. The lowest BCUT2D eigenvalue weighted by molar-refractivity contribution is -0.120. The van der Waals surface area contributed by atoms with Crippen LogP contribution in [0.25, 0.3) is 0 Å². The summed E-state index contributed by atoms with van der Waals surface area (Å²) < 4.78 is 0. The smallest absolute Gasteiger partial charge is 0.253 e. The van der Waals surface area contributed by atoms with Crippen molar-refractivity contribution in [1.82, 2.24) is 10.3 Å². The Hall–Kier alpha value is -1.82. The van der Waals surface area contributed by atoms with Crippen molar-refractivity contribution in [3.8, 4) is 0 Å². The normalized spacial score (nSPS) is 12.2. The van der Waals surface area contributed by atoms with E-state index in [0.29, 0.717) is 0 Å². The predicted octanol–water partition coefficient (Wildman–Crippen LogP) is 0.557. The van der Waals surface area contributed by atoms with Crippen LogP contribution in [0.4, 0.5) is 5.82 Å². The number of carbonyl (C=O) groups is 2. The number of rotatable bonds is 4. The lowest BCUT2D eigenvalue weighted by atomic mass is 10.0. The Morgan fingerprint density at radius 2 is 2.06 bits per heavy atom. The van der Waals surface area contributed by atoms with Gasteiger partial charge in [-0.05, 0) is 12.0 Å². The number of hydrogen-bond acceptors (Lipinski definition) is 4. The molecule has 0 bridgehead atoms. The van der Waals surface area contributed by atoms with Gasteiger partial charge in [0.1, 0.15) is 11.9 Å². The molecule has 2 amide bonds. The molecule has 0 aliphatic heterocycles. The number of hydrogen-bond donors (Lipinski definition) is 3. The van der Waals surface area contributed by atoms with Crippen molar-refractivity contribution in [2.75, 3.05) is 5.73 Å². The van der Waals surface area contributed by atoms with Gasteiger partial charge in [0.25, 0.3) is 5.91 Å². The number of nitrogens with zero attached hydrogens (tertiary/aromatic N) is 1. The fourth-order valence-electron chi connectivity index (χ4n) is 1.41. The van der Waals surface area contributed by atoms with Crippen molar-refractivity contribution >= 4 is 29.2 Å². The molecule has 1 aromatic heterocycles. The van der Waals surface area contributed by atoms with Gasteiger partial charge in [-0.1, -0.05) is 25.4 Å². The molecule has 6 nitrogen and oxygen atoms in total. The van der Waals surface area contributed by atoms with E-state index in [2.05, 4.69) is 10.3 Å². The van der Waals surface area contributed by atoms with Crippen molar-refractivity contribution in [1.29, 1.82) is 0 Å². The summed E-state index contributed by atoms with van der Waals surface area (Å²) in [6.45, 7) is 3.55. The maximum atomic E-state index is 12.0. The molecule has 0 aliphatic rings. The van der Waals surface area contributed by atoms with Crippen LogP contribution in [0, 0.1) is 5.92 Å². The first kappa shape index (κ1) is 14.2. The van der Waals surface area contributed by atoms with E-state index in [-0.39, 0.29) is 22.3 Å². The molecule has 1 rings (SSSR count). The third-order valence-electron chi connectivity index (χ3n) is 2.38. The van der Waals surface area contributed by atoms with Crippen LogP contribution in [0.1, 0.15) is 24.2 Å². The zero-order valence-electron chi connectivity index (χ0n) is 10.1. The minimum absolute atomic E-state index is 0.121. The SMILES string of the molecule is CC(C)C(NC(=O)c1cc(N)ncc1Cl)C(N)=O. The Morgan fingerprint density at radius 3 is 2.56 bits per heavy atom. The van der Waals surface area contributed by atoms with E-state index in [1.54, 1.807) is 13.8 Å². The molecule has 1 unspecified atom stereocenters. The van der Waals surface area contributed by atoms with Crippen LogP contribution in [-0.4, -0.2) is 22.8 Å². The second-order valence-corrected chi connectivity index (χ2v) is 4.59. The molecule has 0 aliphatic carbocycles. The molecule has 1 atom stereocenters. The highest BCUT2D eigenvalue weighted by Gasteiger charge is 2.23. The molecule has 0 saturated carbocycles. The van der Waals surface area contributed by atoms with Crippen LogP contribution in [0.5, 0.6) is 0 Å². The maximum Gasteiger partial charge on any atom is 0.253 e. The van der Waals surface area contributed by atoms with Gasteiger partial charge < -0.3 is 16.8 Å². The Bertz CT molecular complexity index is 476. The van der Waals surface area contributed by atoms with Crippen LogP contribution in [0.15, 0.2) is 12.3 Å². The van der Waals surface area contributed by atoms with E-state index in [1.165, 1.54) is 12.3 Å². The first-order chi connectivity index (χ1) is 8.32. The number of halogens is 1. The molecule has 0 spiro atoms. The Kier molecular flexibility index (Phi) is 4.49. The van der Waals surface area contributed by atoms with Crippen molar-refractivity contribution in [2.45, 2.75) is 19.9 Å². The number of anilines is 1. The van der Waals surface area contributed by atoms with Crippen LogP contribution in [-0.2, 0) is 4.79 Å². The van der Waals surface area contributed by atoms with Gasteiger partial charge in [-0.3, -0.25) is 9.59 Å². The summed E-state index contributed by atoms with van der Waals surface area (Å²) in [7, 11) is 0. The van der Waals surface area contributed by atoms with Crippen molar-refractivity contribution in [2.24, 2.45) is 11.7 Å². The summed E-state index contributed by atoms with van der Waals surface area (Å²) >= 11 is 5.84. The lowest BCUT2D eigenvalue weighted by Gasteiger charge is -2.19. The lowest BCUT2D eigenvalue weighted by Crippen LogP contribution is -2.47. The minimum atomic E-state index is -0.761. The molecule has 1 heterocycles. The molecule has 0 aromatic carbocycles. The highest BCUT2D eigenvalue weighted by atomic mass is 35.5. The zero-order valence-corrected chi connectivity index (χ0v) is 10.9. The van der Waals surface area contributed by atoms with Crippen LogP contribution < -0.4 is 16.8 Å². The molecular formula is C11H15ClN4O2. The standard InChI is InChI=1S/C11H15ClN4O2/c1-5(2)9(10(14)17)16-11(18)6-3-8(13)15-4-7(6)12/h3-5,9H,1-2H3,(H2,13,15)(H2,14,17)(H,16,18). The summed E-state index contributed by atoms with van der Waals surface area (Å²) in [6, 6.07) is 0.582. The summed E-state index contributed by atoms with van der Waals surface area (Å²) in [5.74, 6) is -1.06. The average molecular weight is 271 g/mol. The number of primary amides is 1. The minimum Gasteiger partial charge on any atom is -0.384 e. The summed E-state index contributed by atoms with van der Waals surface area (Å²) in [6.07, 6.45) is 1.28. The number of nitrogens with two attached hydrogens (primary N) is 2. The van der Waals surface area contributed by atoms with Crippen molar-refractivity contribution < 1.29 is 9.59 Å². The number of nitrogens with one attached hydrogen (secondary N) is 1. The number of nitrogen functional groups attached to an aromatic ring is 1. The van der Waals surface area contributed by atoms with Crippen molar-refractivity contribution in [3.05, 3.63) is 22.8 Å². The monoisotopic (exact) mass is 270 g/mol. The first-order valence-electron chi connectivity index (χ1n) is 5.34. The van der Waals surface area contributed by atoms with Gasteiger partial charge in [-0.15, -0.1) is 0 Å². The van der Waals surface area contributed by atoms with Gasteiger partial charge in [-0.25, -0.2) is 4.98 Å². The second-order valence-electron chi connectivity index (χ2n) is 4.19. The number of carbonyl (C=O) groups excluding carboxylic acids is 2. The fraction of sp³-hybridized carbons (Fsp3) is 0.364. The highest BCUT2D eigenvalue weighted by Crippen LogP contribution is 2.17. The fourth-order valence-corrected chi connectivity index (χ4v) is 1.60. The second kappa shape index (κ2) is 5.68. The van der Waals surface area contributed by atoms with Gasteiger partial charge in [0.2, 0.25) is 5.91 Å². The maximum absolute atomic E-state index is 12.0. The molecule has 0 saturated heterocycles. The number of aromatic nitrogens is 1. The Balaban J connectivity index is 2.94. The first-order valence-corrected chi connectivity index (χ1v) is 5.72. The van der Waals surface area contributed by atoms with Crippen LogP contribution in [0.2, 0.25) is 5.02 Å². The highest BCUT2D eigenvalue weighted by molar-refractivity contribution is 6.33. The van der Waals surface area contributed by atoms with E-state index in [0.717, 1.165) is 0 Å². The average Bonchev–Trinajstić information content (AvgIpc) is 2.28. The van der Waals surface area contributed by atoms with E-state index >= 15 is 0 Å². The van der Waals surface area contributed by atoms with Gasteiger partial charge in [0.05, 0.1) is 10.6 Å². The van der Waals surface area contributed by atoms with Crippen molar-refractivity contribution in [3.63, 3.8) is 0 Å². The van der Waals surface area contributed by atoms with Gasteiger partial charge >= 0.3 is 0 Å². The molecule has 0 fully saturated rings. The molecular weight excluding hydrogens is 256 g/mol. The Morgan fingerprint density at radius 1 is 1.44 bits per heavy atom. The van der Waals surface area contributed by atoms with Crippen LogP contribution >= 0.6 is 11.6 Å². The Labute approximate surface area is 110 Å². The third-order valence-corrected chi connectivity index (χ3v) is 2.68. The predicted molar refractivity (Wildman–Crippen MR) is 68.9 cm³/mol. The number of pyridine rings is 1. The van der Waals surface area contributed by atoms with Crippen LogP contribution in [0.3, 0.4) is 0 Å². The topological polar surface area (TPSA) is 111 Å². The largest absolute Gasteiger partial charge is 0.384 e. The van der Waals surface area contributed by atoms with E-state index in [9.17, 15) is 9.59 Å². The number of amides is 2. The van der Waals surface area contributed by atoms with Gasteiger partial charge in [-0.2, -0.15) is 0 Å². The summed E-state index contributed by atoms with van der Waals surface area (Å²) in [5.41, 5.74) is 10.8. The van der Waals surface area contributed by atoms with E-state index < -0.39 is 17.9 Å². The quantitative estimate of drug-likeness (QED) is 0.742. The van der Waals surface area contributed by atoms with Gasteiger partial charge in [0.15, 0.2) is 0 Å². The van der Waals surface area contributed by atoms with E-state index in [1.807, 2.05) is 0 Å². The summed E-state index contributed by atoms with van der Waals surface area (Å²) in [4.78, 5) is 26.9. The van der Waals surface area contributed by atoms with Gasteiger partial charge in [0, 0.05) is 6.20 Å². The molecule has 0 radical (unpaired) electrons. The molecule has 18 heavy (non-hydrogen) atoms.